The SMILES string of the molecule is CCc1ccc(-c2nc(-c3ccc(S(C)(=O)=O)cc3)no2)cc1. The van der Waals surface area contributed by atoms with Crippen LogP contribution in [0.3, 0.4) is 0 Å². The summed E-state index contributed by atoms with van der Waals surface area (Å²) in [6.45, 7) is 2.10. The van der Waals surface area contributed by atoms with Gasteiger partial charge in [0.15, 0.2) is 9.84 Å². The van der Waals surface area contributed by atoms with E-state index in [1.807, 2.05) is 24.3 Å². The average molecular weight is 328 g/mol. The molecule has 0 bridgehead atoms. The molecule has 0 spiro atoms. The first-order valence-corrected chi connectivity index (χ1v) is 9.10. The van der Waals surface area contributed by atoms with E-state index >= 15 is 0 Å². The van der Waals surface area contributed by atoms with Gasteiger partial charge in [-0.1, -0.05) is 24.2 Å². The van der Waals surface area contributed by atoms with E-state index < -0.39 is 9.84 Å². The molecule has 6 heteroatoms. The lowest BCUT2D eigenvalue weighted by Gasteiger charge is -1.99. The van der Waals surface area contributed by atoms with E-state index in [0.29, 0.717) is 17.3 Å². The van der Waals surface area contributed by atoms with Crippen LogP contribution in [0.25, 0.3) is 22.8 Å². The molecular weight excluding hydrogens is 312 g/mol. The summed E-state index contributed by atoms with van der Waals surface area (Å²) < 4.78 is 28.2. The fourth-order valence-corrected chi connectivity index (χ4v) is 2.82. The van der Waals surface area contributed by atoms with Gasteiger partial charge < -0.3 is 4.52 Å². The number of benzene rings is 2. The van der Waals surface area contributed by atoms with Gasteiger partial charge in [0.2, 0.25) is 5.82 Å². The molecule has 0 aliphatic carbocycles. The van der Waals surface area contributed by atoms with Crippen molar-refractivity contribution in [2.24, 2.45) is 0 Å². The molecule has 23 heavy (non-hydrogen) atoms. The molecule has 0 saturated heterocycles. The van der Waals surface area contributed by atoms with Crippen molar-refractivity contribution in [1.29, 1.82) is 0 Å². The number of hydrogen-bond donors (Lipinski definition) is 0. The van der Waals surface area contributed by atoms with E-state index in [-0.39, 0.29) is 4.90 Å². The second-order valence-corrected chi connectivity index (χ2v) is 7.29. The minimum absolute atomic E-state index is 0.264. The van der Waals surface area contributed by atoms with Crippen molar-refractivity contribution in [3.63, 3.8) is 0 Å². The molecular formula is C17H16N2O3S. The lowest BCUT2D eigenvalue weighted by atomic mass is 10.1. The van der Waals surface area contributed by atoms with Crippen LogP contribution in [0.5, 0.6) is 0 Å². The predicted octanol–water partition coefficient (Wildman–Crippen LogP) is 3.37. The highest BCUT2D eigenvalue weighted by Gasteiger charge is 2.12. The van der Waals surface area contributed by atoms with Crippen molar-refractivity contribution in [2.45, 2.75) is 18.2 Å². The van der Waals surface area contributed by atoms with Gasteiger partial charge in [-0.15, -0.1) is 0 Å². The molecule has 1 heterocycles. The Labute approximate surface area is 134 Å². The van der Waals surface area contributed by atoms with Crippen LogP contribution in [0.4, 0.5) is 0 Å². The Morgan fingerprint density at radius 1 is 0.957 bits per heavy atom. The van der Waals surface area contributed by atoms with Crippen molar-refractivity contribution in [3.8, 4) is 22.8 Å². The molecule has 1 aromatic heterocycles. The van der Waals surface area contributed by atoms with Crippen LogP contribution in [-0.4, -0.2) is 24.8 Å². The van der Waals surface area contributed by atoms with Gasteiger partial charge in [0.1, 0.15) is 0 Å². The Balaban J connectivity index is 1.89. The predicted molar refractivity (Wildman–Crippen MR) is 87.7 cm³/mol. The zero-order valence-electron chi connectivity index (χ0n) is 12.9. The van der Waals surface area contributed by atoms with Gasteiger partial charge in [-0.05, 0) is 48.4 Å². The van der Waals surface area contributed by atoms with E-state index in [0.717, 1.165) is 12.0 Å². The highest BCUT2D eigenvalue weighted by molar-refractivity contribution is 7.90. The van der Waals surface area contributed by atoms with Gasteiger partial charge >= 0.3 is 0 Å². The van der Waals surface area contributed by atoms with Gasteiger partial charge in [-0.25, -0.2) is 8.42 Å². The smallest absolute Gasteiger partial charge is 0.258 e. The zero-order chi connectivity index (χ0) is 16.4. The molecule has 0 aliphatic heterocycles. The molecule has 0 saturated carbocycles. The molecule has 5 nitrogen and oxygen atoms in total. The Bertz CT molecular complexity index is 911. The molecule has 3 aromatic rings. The monoisotopic (exact) mass is 328 g/mol. The van der Waals surface area contributed by atoms with E-state index in [2.05, 4.69) is 17.1 Å². The third-order valence-electron chi connectivity index (χ3n) is 3.58. The van der Waals surface area contributed by atoms with Gasteiger partial charge in [0.25, 0.3) is 5.89 Å². The largest absolute Gasteiger partial charge is 0.334 e. The zero-order valence-corrected chi connectivity index (χ0v) is 13.7. The van der Waals surface area contributed by atoms with Crippen LogP contribution < -0.4 is 0 Å². The summed E-state index contributed by atoms with van der Waals surface area (Å²) in [6, 6.07) is 14.4. The number of aryl methyl sites for hydroxylation is 1. The minimum Gasteiger partial charge on any atom is -0.334 e. The maximum Gasteiger partial charge on any atom is 0.258 e. The average Bonchev–Trinajstić information content (AvgIpc) is 3.04. The van der Waals surface area contributed by atoms with Crippen LogP contribution >= 0.6 is 0 Å². The summed E-state index contributed by atoms with van der Waals surface area (Å²) in [5.74, 6) is 0.870. The third kappa shape index (κ3) is 3.32. The van der Waals surface area contributed by atoms with Crippen molar-refractivity contribution in [3.05, 3.63) is 54.1 Å². The van der Waals surface area contributed by atoms with Crippen LogP contribution in [0.1, 0.15) is 12.5 Å². The van der Waals surface area contributed by atoms with E-state index in [4.69, 9.17) is 4.52 Å². The number of hydrogen-bond acceptors (Lipinski definition) is 5. The topological polar surface area (TPSA) is 73.1 Å². The minimum atomic E-state index is -3.21. The summed E-state index contributed by atoms with van der Waals surface area (Å²) in [5, 5.41) is 3.96. The lowest BCUT2D eigenvalue weighted by Crippen LogP contribution is -1.96. The molecule has 0 radical (unpaired) electrons. The number of rotatable bonds is 4. The third-order valence-corrected chi connectivity index (χ3v) is 4.70. The van der Waals surface area contributed by atoms with Crippen molar-refractivity contribution in [2.75, 3.05) is 6.26 Å². The summed E-state index contributed by atoms with van der Waals surface area (Å²) in [6.07, 6.45) is 2.15. The maximum atomic E-state index is 11.5. The van der Waals surface area contributed by atoms with Crippen molar-refractivity contribution >= 4 is 9.84 Å². The van der Waals surface area contributed by atoms with Crippen molar-refractivity contribution in [1.82, 2.24) is 10.1 Å². The van der Waals surface area contributed by atoms with Gasteiger partial charge in [-0.2, -0.15) is 4.98 Å². The molecule has 0 N–H and O–H groups in total. The molecule has 0 aliphatic rings. The Hall–Kier alpha value is -2.47. The molecule has 0 fully saturated rings. The van der Waals surface area contributed by atoms with Gasteiger partial charge in [0.05, 0.1) is 4.90 Å². The number of nitrogens with zero attached hydrogens (tertiary/aromatic N) is 2. The first-order chi connectivity index (χ1) is 11.0. The van der Waals surface area contributed by atoms with Crippen LogP contribution in [0.15, 0.2) is 57.9 Å². The molecule has 0 atom stereocenters. The quantitative estimate of drug-likeness (QED) is 0.734. The first kappa shape index (κ1) is 15.4. The summed E-state index contributed by atoms with van der Waals surface area (Å²) >= 11 is 0. The Kier molecular flexibility index (Phi) is 4.00. The van der Waals surface area contributed by atoms with Crippen LogP contribution in [-0.2, 0) is 16.3 Å². The fourth-order valence-electron chi connectivity index (χ4n) is 2.19. The normalized spacial score (nSPS) is 11.6. The van der Waals surface area contributed by atoms with E-state index in [1.54, 1.807) is 12.1 Å². The maximum absolute atomic E-state index is 11.5. The summed E-state index contributed by atoms with van der Waals surface area (Å²) in [4.78, 5) is 4.63. The summed E-state index contributed by atoms with van der Waals surface area (Å²) in [5.41, 5.74) is 2.80. The van der Waals surface area contributed by atoms with Gasteiger partial charge in [0, 0.05) is 17.4 Å². The Morgan fingerprint density at radius 3 is 2.13 bits per heavy atom. The number of sulfone groups is 1. The molecule has 3 rings (SSSR count). The Morgan fingerprint density at radius 2 is 1.57 bits per heavy atom. The summed E-state index contributed by atoms with van der Waals surface area (Å²) in [7, 11) is -3.21. The standard InChI is InChI=1S/C17H16N2O3S/c1-3-12-4-6-14(7-5-12)17-18-16(19-22-17)13-8-10-15(11-9-13)23(2,20)21/h4-11H,3H2,1-2H3. The van der Waals surface area contributed by atoms with Crippen molar-refractivity contribution < 1.29 is 12.9 Å². The second kappa shape index (κ2) is 5.96. The number of aromatic nitrogens is 2. The second-order valence-electron chi connectivity index (χ2n) is 5.27. The molecule has 0 unspecified atom stereocenters. The molecule has 0 amide bonds. The van der Waals surface area contributed by atoms with Gasteiger partial charge in [-0.3, -0.25) is 0 Å². The first-order valence-electron chi connectivity index (χ1n) is 7.21. The highest BCUT2D eigenvalue weighted by atomic mass is 32.2. The van der Waals surface area contributed by atoms with Crippen LogP contribution in [0.2, 0.25) is 0 Å². The van der Waals surface area contributed by atoms with E-state index in [1.165, 1.54) is 24.0 Å². The van der Waals surface area contributed by atoms with E-state index in [9.17, 15) is 8.42 Å². The van der Waals surface area contributed by atoms with Crippen LogP contribution in [0, 0.1) is 0 Å². The fraction of sp³-hybridized carbons (Fsp3) is 0.176. The molecule has 118 valence electrons. The highest BCUT2D eigenvalue weighted by Crippen LogP contribution is 2.23. The molecule has 2 aromatic carbocycles. The lowest BCUT2D eigenvalue weighted by molar-refractivity contribution is 0.432.